The number of hydrogen-bond acceptors (Lipinski definition) is 5. The zero-order chi connectivity index (χ0) is 16.9. The van der Waals surface area contributed by atoms with E-state index in [1.807, 2.05) is 30.3 Å². The Morgan fingerprint density at radius 1 is 1.17 bits per heavy atom. The minimum Gasteiger partial charge on any atom is -0.482 e. The second-order valence-electron chi connectivity index (χ2n) is 5.53. The van der Waals surface area contributed by atoms with Gasteiger partial charge in [0, 0.05) is 5.56 Å². The Kier molecular flexibility index (Phi) is 4.77. The van der Waals surface area contributed by atoms with Crippen molar-refractivity contribution in [3.8, 4) is 5.75 Å². The number of hydrogen-bond donors (Lipinski definition) is 3. The molecule has 2 aromatic rings. The zero-order valence-electron chi connectivity index (χ0n) is 13.0. The summed E-state index contributed by atoms with van der Waals surface area (Å²) in [5.41, 5.74) is 2.38. The number of aliphatic carboxylic acids is 1. The molecule has 0 aromatic heterocycles. The largest absolute Gasteiger partial charge is 0.482 e. The topological polar surface area (TPSA) is 87.7 Å². The molecule has 1 atom stereocenters. The number of Topliss-reactive ketones (excluding diaryl/α,β-unsaturated/α-hetero) is 1. The first-order chi connectivity index (χ1) is 11.6. The maximum atomic E-state index is 12.1. The minimum absolute atomic E-state index is 0.0153. The Morgan fingerprint density at radius 2 is 1.96 bits per heavy atom. The normalized spacial score (nSPS) is 15.8. The van der Waals surface area contributed by atoms with E-state index in [0.29, 0.717) is 17.9 Å². The van der Waals surface area contributed by atoms with Crippen molar-refractivity contribution in [3.05, 3.63) is 59.7 Å². The fraction of sp³-hybridized carbons (Fsp3) is 0.222. The number of carbonyl (C=O) groups excluding carboxylic acids is 1. The van der Waals surface area contributed by atoms with Crippen LogP contribution in [0.15, 0.2) is 48.5 Å². The summed E-state index contributed by atoms with van der Waals surface area (Å²) in [4.78, 5) is 22.5. The molecule has 2 aromatic carbocycles. The number of rotatable bonds is 6. The molecule has 1 unspecified atom stereocenters. The Labute approximate surface area is 139 Å². The third-order valence-electron chi connectivity index (χ3n) is 3.78. The molecule has 124 valence electrons. The van der Waals surface area contributed by atoms with E-state index < -0.39 is 5.97 Å². The van der Waals surface area contributed by atoms with Crippen LogP contribution in [0.4, 0.5) is 5.69 Å². The molecule has 1 aliphatic heterocycles. The van der Waals surface area contributed by atoms with Crippen molar-refractivity contribution in [2.24, 2.45) is 0 Å². The molecule has 1 heterocycles. The molecular weight excluding hydrogens is 308 g/mol. The molecule has 24 heavy (non-hydrogen) atoms. The third-order valence-corrected chi connectivity index (χ3v) is 3.78. The van der Waals surface area contributed by atoms with Crippen molar-refractivity contribution in [2.45, 2.75) is 6.10 Å². The van der Waals surface area contributed by atoms with Crippen LogP contribution in [0.5, 0.6) is 5.75 Å². The lowest BCUT2D eigenvalue weighted by Gasteiger charge is -2.28. The molecule has 3 rings (SSSR count). The van der Waals surface area contributed by atoms with Crippen LogP contribution in [0.3, 0.4) is 0 Å². The van der Waals surface area contributed by atoms with Gasteiger partial charge in [-0.05, 0) is 23.8 Å². The van der Waals surface area contributed by atoms with Gasteiger partial charge in [0.15, 0.2) is 5.78 Å². The summed E-state index contributed by atoms with van der Waals surface area (Å²) in [6, 6.07) is 15.1. The van der Waals surface area contributed by atoms with E-state index in [9.17, 15) is 9.59 Å². The summed E-state index contributed by atoms with van der Waals surface area (Å²) in [6.45, 7) is 0.362. The fourth-order valence-corrected chi connectivity index (χ4v) is 2.58. The van der Waals surface area contributed by atoms with Crippen molar-refractivity contribution < 1.29 is 19.4 Å². The van der Waals surface area contributed by atoms with Gasteiger partial charge in [0.05, 0.1) is 25.3 Å². The predicted octanol–water partition coefficient (Wildman–Crippen LogP) is 2.09. The van der Waals surface area contributed by atoms with Crippen LogP contribution in [-0.4, -0.2) is 36.5 Å². The van der Waals surface area contributed by atoms with Crippen LogP contribution in [0.25, 0.3) is 0 Å². The van der Waals surface area contributed by atoms with Gasteiger partial charge in [0.25, 0.3) is 0 Å². The first-order valence-electron chi connectivity index (χ1n) is 7.69. The fourth-order valence-electron chi connectivity index (χ4n) is 2.58. The van der Waals surface area contributed by atoms with Crippen molar-refractivity contribution in [2.75, 3.05) is 25.0 Å². The maximum Gasteiger partial charge on any atom is 0.317 e. The van der Waals surface area contributed by atoms with E-state index in [-0.39, 0.29) is 25.0 Å². The van der Waals surface area contributed by atoms with Crippen LogP contribution in [0.1, 0.15) is 22.0 Å². The SMILES string of the molecule is O=C(O)CNCC(=O)c1ccc2c(c1)NCC(c1ccccc1)O2. The average Bonchev–Trinajstić information content (AvgIpc) is 2.61. The molecule has 0 saturated heterocycles. The highest BCUT2D eigenvalue weighted by atomic mass is 16.5. The van der Waals surface area contributed by atoms with Gasteiger partial charge in [-0.15, -0.1) is 0 Å². The Bertz CT molecular complexity index is 746. The lowest BCUT2D eigenvalue weighted by atomic mass is 10.1. The molecule has 0 amide bonds. The second-order valence-corrected chi connectivity index (χ2v) is 5.53. The molecule has 0 fully saturated rings. The lowest BCUT2D eigenvalue weighted by Crippen LogP contribution is -2.28. The van der Waals surface area contributed by atoms with Gasteiger partial charge in [-0.2, -0.15) is 0 Å². The molecule has 1 aliphatic rings. The number of fused-ring (bicyclic) bond motifs is 1. The first-order valence-corrected chi connectivity index (χ1v) is 7.69. The van der Waals surface area contributed by atoms with E-state index in [1.165, 1.54) is 0 Å². The number of nitrogens with one attached hydrogen (secondary N) is 2. The lowest BCUT2D eigenvalue weighted by molar-refractivity contribution is -0.135. The molecule has 0 saturated carbocycles. The average molecular weight is 326 g/mol. The predicted molar refractivity (Wildman–Crippen MR) is 89.6 cm³/mol. The smallest absolute Gasteiger partial charge is 0.317 e. The summed E-state index contributed by atoms with van der Waals surface area (Å²) in [5, 5.41) is 14.5. The Hall–Kier alpha value is -2.86. The molecule has 6 nitrogen and oxygen atoms in total. The highest BCUT2D eigenvalue weighted by Crippen LogP contribution is 2.34. The second kappa shape index (κ2) is 7.14. The zero-order valence-corrected chi connectivity index (χ0v) is 13.0. The van der Waals surface area contributed by atoms with E-state index in [1.54, 1.807) is 18.2 Å². The van der Waals surface area contributed by atoms with Crippen LogP contribution in [0, 0.1) is 0 Å². The Morgan fingerprint density at radius 3 is 2.71 bits per heavy atom. The summed E-state index contributed by atoms with van der Waals surface area (Å²) in [5.74, 6) is -0.452. The molecule has 6 heteroatoms. The minimum atomic E-state index is -0.990. The van der Waals surface area contributed by atoms with Gasteiger partial charge in [0.2, 0.25) is 0 Å². The molecule has 3 N–H and O–H groups in total. The standard InChI is InChI=1S/C18H18N2O4/c21-15(9-19-11-18(22)23)13-6-7-16-14(8-13)20-10-17(24-16)12-4-2-1-3-5-12/h1-8,17,19-20H,9-11H2,(H,22,23). The summed E-state index contributed by atoms with van der Waals surface area (Å²) in [7, 11) is 0. The van der Waals surface area contributed by atoms with Gasteiger partial charge < -0.3 is 15.2 Å². The van der Waals surface area contributed by atoms with Crippen LogP contribution in [0.2, 0.25) is 0 Å². The molecular formula is C18H18N2O4. The van der Waals surface area contributed by atoms with Crippen molar-refractivity contribution in [1.29, 1.82) is 0 Å². The van der Waals surface area contributed by atoms with E-state index in [0.717, 1.165) is 11.3 Å². The van der Waals surface area contributed by atoms with E-state index in [4.69, 9.17) is 9.84 Å². The monoisotopic (exact) mass is 326 g/mol. The van der Waals surface area contributed by atoms with Crippen molar-refractivity contribution >= 4 is 17.4 Å². The van der Waals surface area contributed by atoms with Crippen molar-refractivity contribution in [1.82, 2.24) is 5.32 Å². The van der Waals surface area contributed by atoms with Gasteiger partial charge in [-0.1, -0.05) is 30.3 Å². The quantitative estimate of drug-likeness (QED) is 0.705. The van der Waals surface area contributed by atoms with Crippen LogP contribution < -0.4 is 15.4 Å². The third kappa shape index (κ3) is 3.72. The highest BCUT2D eigenvalue weighted by molar-refractivity contribution is 5.99. The molecule has 0 aliphatic carbocycles. The number of benzene rings is 2. The maximum absolute atomic E-state index is 12.1. The van der Waals surface area contributed by atoms with Gasteiger partial charge in [0.1, 0.15) is 11.9 Å². The van der Waals surface area contributed by atoms with Gasteiger partial charge in [-0.25, -0.2) is 0 Å². The van der Waals surface area contributed by atoms with Gasteiger partial charge in [-0.3, -0.25) is 14.9 Å². The number of carbonyl (C=O) groups is 2. The van der Waals surface area contributed by atoms with Crippen LogP contribution in [-0.2, 0) is 4.79 Å². The van der Waals surface area contributed by atoms with Gasteiger partial charge >= 0.3 is 5.97 Å². The first kappa shape index (κ1) is 16.0. The van der Waals surface area contributed by atoms with Crippen LogP contribution >= 0.6 is 0 Å². The number of carboxylic acids is 1. The van der Waals surface area contributed by atoms with E-state index >= 15 is 0 Å². The molecule has 0 bridgehead atoms. The number of anilines is 1. The highest BCUT2D eigenvalue weighted by Gasteiger charge is 2.21. The number of carboxylic acid groups (broad SMARTS) is 1. The molecule has 0 spiro atoms. The van der Waals surface area contributed by atoms with Crippen molar-refractivity contribution in [3.63, 3.8) is 0 Å². The summed E-state index contributed by atoms with van der Waals surface area (Å²) >= 11 is 0. The Balaban J connectivity index is 1.67. The number of ketones is 1. The van der Waals surface area contributed by atoms with E-state index in [2.05, 4.69) is 10.6 Å². The number of ether oxygens (including phenoxy) is 1. The molecule has 0 radical (unpaired) electrons. The summed E-state index contributed by atoms with van der Waals surface area (Å²) in [6.07, 6.45) is -0.0718. The summed E-state index contributed by atoms with van der Waals surface area (Å²) < 4.78 is 6.00.